The number of aryl methyl sites for hydroxylation is 1. The summed E-state index contributed by atoms with van der Waals surface area (Å²) in [5.41, 5.74) is 2.31. The predicted octanol–water partition coefficient (Wildman–Crippen LogP) is 2.92. The maximum atomic E-state index is 13.0. The Kier molecular flexibility index (Phi) is 4.76. The van der Waals surface area contributed by atoms with Gasteiger partial charge in [0.25, 0.3) is 0 Å². The van der Waals surface area contributed by atoms with Crippen LogP contribution < -0.4 is 5.32 Å². The summed E-state index contributed by atoms with van der Waals surface area (Å²) < 4.78 is 13.0. The molecule has 1 aromatic rings. The lowest BCUT2D eigenvalue weighted by Gasteiger charge is -2.13. The third-order valence-corrected chi connectivity index (χ3v) is 2.62. The first-order chi connectivity index (χ1) is 7.13. The van der Waals surface area contributed by atoms with E-state index in [2.05, 4.69) is 19.2 Å². The number of rotatable bonds is 5. The molecular formula is C13H20FN. The lowest BCUT2D eigenvalue weighted by atomic mass is 9.97. The fourth-order valence-corrected chi connectivity index (χ4v) is 1.70. The van der Waals surface area contributed by atoms with Crippen molar-refractivity contribution in [2.75, 3.05) is 13.1 Å². The molecule has 0 heterocycles. The van der Waals surface area contributed by atoms with Crippen LogP contribution >= 0.6 is 0 Å². The van der Waals surface area contributed by atoms with E-state index in [0.717, 1.165) is 25.1 Å². The third kappa shape index (κ3) is 4.00. The SMILES string of the molecule is CCNCC(C)Cc1cc(F)ccc1C. The quantitative estimate of drug-likeness (QED) is 0.786. The lowest BCUT2D eigenvalue weighted by Crippen LogP contribution is -2.22. The fourth-order valence-electron chi connectivity index (χ4n) is 1.70. The molecule has 0 aromatic heterocycles. The van der Waals surface area contributed by atoms with Crippen molar-refractivity contribution in [3.05, 3.63) is 35.1 Å². The van der Waals surface area contributed by atoms with Crippen LogP contribution in [-0.4, -0.2) is 13.1 Å². The van der Waals surface area contributed by atoms with Crippen LogP contribution in [0.5, 0.6) is 0 Å². The number of nitrogens with one attached hydrogen (secondary N) is 1. The molecule has 1 nitrogen and oxygen atoms in total. The van der Waals surface area contributed by atoms with Gasteiger partial charge in [0.1, 0.15) is 5.82 Å². The second-order valence-corrected chi connectivity index (χ2v) is 4.19. The van der Waals surface area contributed by atoms with Crippen molar-refractivity contribution in [1.82, 2.24) is 5.32 Å². The summed E-state index contributed by atoms with van der Waals surface area (Å²) in [6.45, 7) is 8.31. The molecule has 1 unspecified atom stereocenters. The Hall–Kier alpha value is -0.890. The van der Waals surface area contributed by atoms with Crippen molar-refractivity contribution in [3.63, 3.8) is 0 Å². The third-order valence-electron chi connectivity index (χ3n) is 2.62. The first kappa shape index (κ1) is 12.2. The molecule has 0 aliphatic heterocycles. The maximum absolute atomic E-state index is 13.0. The Morgan fingerprint density at radius 3 is 2.80 bits per heavy atom. The minimum Gasteiger partial charge on any atom is -0.317 e. The van der Waals surface area contributed by atoms with E-state index in [-0.39, 0.29) is 5.82 Å². The molecule has 0 fully saturated rings. The summed E-state index contributed by atoms with van der Waals surface area (Å²) in [5, 5.41) is 3.31. The Morgan fingerprint density at radius 2 is 2.13 bits per heavy atom. The predicted molar refractivity (Wildman–Crippen MR) is 62.5 cm³/mol. The summed E-state index contributed by atoms with van der Waals surface area (Å²) >= 11 is 0. The van der Waals surface area contributed by atoms with E-state index in [1.165, 1.54) is 11.6 Å². The first-order valence-corrected chi connectivity index (χ1v) is 5.59. The zero-order valence-electron chi connectivity index (χ0n) is 9.81. The Bertz CT molecular complexity index is 309. The van der Waals surface area contributed by atoms with E-state index in [1.807, 2.05) is 13.0 Å². The van der Waals surface area contributed by atoms with Crippen LogP contribution in [0.3, 0.4) is 0 Å². The molecule has 0 aliphatic carbocycles. The number of hydrogen-bond acceptors (Lipinski definition) is 1. The molecule has 0 saturated carbocycles. The summed E-state index contributed by atoms with van der Waals surface area (Å²) in [6, 6.07) is 5.02. The largest absolute Gasteiger partial charge is 0.317 e. The topological polar surface area (TPSA) is 12.0 Å². The molecule has 0 saturated heterocycles. The van der Waals surface area contributed by atoms with Crippen molar-refractivity contribution in [1.29, 1.82) is 0 Å². The van der Waals surface area contributed by atoms with Gasteiger partial charge in [0.05, 0.1) is 0 Å². The van der Waals surface area contributed by atoms with Crippen molar-refractivity contribution >= 4 is 0 Å². The average Bonchev–Trinajstić information content (AvgIpc) is 2.20. The van der Waals surface area contributed by atoms with Gasteiger partial charge in [-0.2, -0.15) is 0 Å². The van der Waals surface area contributed by atoms with Gasteiger partial charge in [0.2, 0.25) is 0 Å². The smallest absolute Gasteiger partial charge is 0.123 e. The molecule has 1 aromatic carbocycles. The molecule has 2 heteroatoms. The monoisotopic (exact) mass is 209 g/mol. The highest BCUT2D eigenvalue weighted by Crippen LogP contribution is 2.14. The van der Waals surface area contributed by atoms with Crippen molar-refractivity contribution in [2.45, 2.75) is 27.2 Å². The van der Waals surface area contributed by atoms with Gasteiger partial charge in [0.15, 0.2) is 0 Å². The summed E-state index contributed by atoms with van der Waals surface area (Å²) in [5.74, 6) is 0.414. The second-order valence-electron chi connectivity index (χ2n) is 4.19. The van der Waals surface area contributed by atoms with Crippen LogP contribution in [0.2, 0.25) is 0 Å². The first-order valence-electron chi connectivity index (χ1n) is 5.59. The van der Waals surface area contributed by atoms with E-state index in [4.69, 9.17) is 0 Å². The van der Waals surface area contributed by atoms with E-state index in [0.29, 0.717) is 5.92 Å². The molecule has 0 spiro atoms. The molecule has 0 bridgehead atoms. The van der Waals surface area contributed by atoms with Gasteiger partial charge in [-0.25, -0.2) is 4.39 Å². The normalized spacial score (nSPS) is 12.8. The molecule has 0 radical (unpaired) electrons. The van der Waals surface area contributed by atoms with Crippen LogP contribution in [-0.2, 0) is 6.42 Å². The molecule has 0 aliphatic rings. The summed E-state index contributed by atoms with van der Waals surface area (Å²) in [6.07, 6.45) is 0.941. The van der Waals surface area contributed by atoms with Gasteiger partial charge in [-0.1, -0.05) is 19.9 Å². The number of hydrogen-bond donors (Lipinski definition) is 1. The van der Waals surface area contributed by atoms with Crippen molar-refractivity contribution in [2.24, 2.45) is 5.92 Å². The second kappa shape index (κ2) is 5.86. The highest BCUT2D eigenvalue weighted by Gasteiger charge is 2.06. The summed E-state index contributed by atoms with van der Waals surface area (Å²) in [4.78, 5) is 0. The standard InChI is InChI=1S/C13H20FN/c1-4-15-9-10(2)7-12-8-13(14)6-5-11(12)3/h5-6,8,10,15H,4,7,9H2,1-3H3. The average molecular weight is 209 g/mol. The summed E-state index contributed by atoms with van der Waals surface area (Å²) in [7, 11) is 0. The van der Waals surface area contributed by atoms with Gasteiger partial charge < -0.3 is 5.32 Å². The Morgan fingerprint density at radius 1 is 1.40 bits per heavy atom. The van der Waals surface area contributed by atoms with Gasteiger partial charge in [0, 0.05) is 0 Å². The fraction of sp³-hybridized carbons (Fsp3) is 0.538. The van der Waals surface area contributed by atoms with Gasteiger partial charge in [-0.05, 0) is 55.6 Å². The molecule has 0 amide bonds. The molecule has 84 valence electrons. The maximum Gasteiger partial charge on any atom is 0.123 e. The zero-order chi connectivity index (χ0) is 11.3. The van der Waals surface area contributed by atoms with Crippen LogP contribution in [0.4, 0.5) is 4.39 Å². The van der Waals surface area contributed by atoms with Gasteiger partial charge in [-0.15, -0.1) is 0 Å². The van der Waals surface area contributed by atoms with Crippen molar-refractivity contribution < 1.29 is 4.39 Å². The lowest BCUT2D eigenvalue weighted by molar-refractivity contribution is 0.518. The molecule has 1 rings (SSSR count). The molecule has 1 N–H and O–H groups in total. The van der Waals surface area contributed by atoms with E-state index in [9.17, 15) is 4.39 Å². The highest BCUT2D eigenvalue weighted by atomic mass is 19.1. The Labute approximate surface area is 91.7 Å². The molecule has 15 heavy (non-hydrogen) atoms. The number of halogens is 1. The van der Waals surface area contributed by atoms with E-state index < -0.39 is 0 Å². The Balaban J connectivity index is 2.59. The van der Waals surface area contributed by atoms with Crippen LogP contribution in [0.15, 0.2) is 18.2 Å². The van der Waals surface area contributed by atoms with E-state index >= 15 is 0 Å². The number of benzene rings is 1. The van der Waals surface area contributed by atoms with Crippen LogP contribution in [0.25, 0.3) is 0 Å². The zero-order valence-corrected chi connectivity index (χ0v) is 9.81. The highest BCUT2D eigenvalue weighted by molar-refractivity contribution is 5.26. The minimum atomic E-state index is -0.133. The molecular weight excluding hydrogens is 189 g/mol. The van der Waals surface area contributed by atoms with Crippen LogP contribution in [0, 0.1) is 18.7 Å². The van der Waals surface area contributed by atoms with Crippen molar-refractivity contribution in [3.8, 4) is 0 Å². The van der Waals surface area contributed by atoms with E-state index in [1.54, 1.807) is 6.07 Å². The minimum absolute atomic E-state index is 0.133. The van der Waals surface area contributed by atoms with Gasteiger partial charge in [-0.3, -0.25) is 0 Å². The van der Waals surface area contributed by atoms with Gasteiger partial charge >= 0.3 is 0 Å². The van der Waals surface area contributed by atoms with Crippen LogP contribution in [0.1, 0.15) is 25.0 Å². The molecule has 1 atom stereocenters.